The number of fused-ring (bicyclic) bond motifs is 3. The van der Waals surface area contributed by atoms with Gasteiger partial charge in [0.05, 0.1) is 14.2 Å². The van der Waals surface area contributed by atoms with E-state index in [9.17, 15) is 9.90 Å². The van der Waals surface area contributed by atoms with Crippen LogP contribution in [0.2, 0.25) is 0 Å². The Morgan fingerprint density at radius 2 is 1.81 bits per heavy atom. The van der Waals surface area contributed by atoms with E-state index in [1.807, 2.05) is 13.0 Å². The Bertz CT molecular complexity index is 1210. The van der Waals surface area contributed by atoms with Crippen LogP contribution in [0.1, 0.15) is 5.69 Å². The largest absolute Gasteiger partial charge is 0.502 e. The fourth-order valence-electron chi connectivity index (χ4n) is 2.98. The van der Waals surface area contributed by atoms with E-state index in [-0.39, 0.29) is 5.76 Å². The summed E-state index contributed by atoms with van der Waals surface area (Å²) in [6, 6.07) is 4.80. The molecule has 0 unspecified atom stereocenters. The lowest BCUT2D eigenvalue weighted by atomic mass is 10.0. The smallest absolute Gasteiger partial charge is 0.227 e. The molecule has 0 bridgehead atoms. The highest BCUT2D eigenvalue weighted by Gasteiger charge is 2.19. The molecule has 4 rings (SSSR count). The fourth-order valence-corrected chi connectivity index (χ4v) is 2.98. The summed E-state index contributed by atoms with van der Waals surface area (Å²) in [4.78, 5) is 16.4. The van der Waals surface area contributed by atoms with Gasteiger partial charge in [0, 0.05) is 27.9 Å². The normalized spacial score (nSPS) is 11.2. The predicted molar refractivity (Wildman–Crippen MR) is 94.9 cm³/mol. The van der Waals surface area contributed by atoms with E-state index in [2.05, 4.69) is 15.2 Å². The first-order chi connectivity index (χ1) is 12.5. The SMILES string of the molecule is COc1cc2c(-c3cc(=O)c(O)co3)nc3n[nH]c(C)c3c2cc1OC. The van der Waals surface area contributed by atoms with Crippen LogP contribution in [0.15, 0.2) is 33.7 Å². The number of methoxy groups -OCH3 is 2. The van der Waals surface area contributed by atoms with Gasteiger partial charge in [0.15, 0.2) is 28.7 Å². The molecule has 0 saturated carbocycles. The van der Waals surface area contributed by atoms with Gasteiger partial charge < -0.3 is 19.0 Å². The van der Waals surface area contributed by atoms with Crippen molar-refractivity contribution in [2.45, 2.75) is 6.92 Å². The summed E-state index contributed by atoms with van der Waals surface area (Å²) in [5.41, 5.74) is 1.19. The van der Waals surface area contributed by atoms with Gasteiger partial charge in [0.2, 0.25) is 5.43 Å². The molecule has 132 valence electrons. The number of nitrogens with one attached hydrogen (secondary N) is 1. The minimum Gasteiger partial charge on any atom is -0.502 e. The van der Waals surface area contributed by atoms with Gasteiger partial charge in [0.25, 0.3) is 0 Å². The summed E-state index contributed by atoms with van der Waals surface area (Å²) < 4.78 is 16.2. The van der Waals surface area contributed by atoms with Gasteiger partial charge >= 0.3 is 0 Å². The molecule has 0 aliphatic carbocycles. The Morgan fingerprint density at radius 3 is 2.46 bits per heavy atom. The van der Waals surface area contributed by atoms with Crippen LogP contribution in [-0.2, 0) is 0 Å². The Hall–Kier alpha value is -3.55. The lowest BCUT2D eigenvalue weighted by molar-refractivity contribution is 0.356. The second-order valence-corrected chi connectivity index (χ2v) is 5.75. The molecule has 0 fully saturated rings. The number of H-pyrrole nitrogens is 1. The first kappa shape index (κ1) is 15.9. The molecule has 0 atom stereocenters. The van der Waals surface area contributed by atoms with Gasteiger partial charge in [-0.05, 0) is 19.1 Å². The number of hydrogen-bond acceptors (Lipinski definition) is 7. The molecule has 8 heteroatoms. The highest BCUT2D eigenvalue weighted by molar-refractivity contribution is 6.11. The quantitative estimate of drug-likeness (QED) is 0.582. The molecule has 4 aromatic rings. The highest BCUT2D eigenvalue weighted by Crippen LogP contribution is 2.39. The average Bonchev–Trinajstić information content (AvgIpc) is 3.03. The molecule has 2 N–H and O–H groups in total. The predicted octanol–water partition coefficient (Wildman–Crippen LogP) is 2.76. The Kier molecular flexibility index (Phi) is 3.54. The maximum Gasteiger partial charge on any atom is 0.227 e. The van der Waals surface area contributed by atoms with Crippen molar-refractivity contribution < 1.29 is 19.0 Å². The number of aryl methyl sites for hydroxylation is 1. The fraction of sp³-hybridized carbons (Fsp3) is 0.167. The van der Waals surface area contributed by atoms with E-state index in [4.69, 9.17) is 13.9 Å². The van der Waals surface area contributed by atoms with E-state index >= 15 is 0 Å². The lowest BCUT2D eigenvalue weighted by Gasteiger charge is -2.12. The van der Waals surface area contributed by atoms with E-state index < -0.39 is 11.2 Å². The summed E-state index contributed by atoms with van der Waals surface area (Å²) in [6.07, 6.45) is 0.992. The molecule has 0 aliphatic rings. The molecule has 0 aliphatic heterocycles. The highest BCUT2D eigenvalue weighted by atomic mass is 16.5. The number of aromatic amines is 1. The Labute approximate surface area is 147 Å². The van der Waals surface area contributed by atoms with Gasteiger partial charge in [-0.25, -0.2) is 4.98 Å². The summed E-state index contributed by atoms with van der Waals surface area (Å²) in [7, 11) is 3.10. The third kappa shape index (κ3) is 2.26. The maximum absolute atomic E-state index is 11.8. The number of hydrogen-bond donors (Lipinski definition) is 2. The number of nitrogens with zero attached hydrogens (tertiary/aromatic N) is 2. The molecule has 0 saturated heterocycles. The zero-order valence-corrected chi connectivity index (χ0v) is 14.3. The molecular weight excluding hydrogens is 338 g/mol. The topological polar surface area (TPSA) is 110 Å². The van der Waals surface area contributed by atoms with Gasteiger partial charge in [-0.15, -0.1) is 0 Å². The summed E-state index contributed by atoms with van der Waals surface area (Å²) >= 11 is 0. The van der Waals surface area contributed by atoms with Crippen LogP contribution in [0.25, 0.3) is 33.3 Å². The van der Waals surface area contributed by atoms with Crippen LogP contribution in [0, 0.1) is 6.92 Å². The summed E-state index contributed by atoms with van der Waals surface area (Å²) in [6.45, 7) is 1.90. The number of rotatable bonds is 3. The number of ether oxygens (including phenoxy) is 2. The zero-order chi connectivity index (χ0) is 18.4. The van der Waals surface area contributed by atoms with Crippen molar-refractivity contribution in [3.05, 3.63) is 40.4 Å². The standard InChI is InChI=1S/C18H15N3O5/c1-8-16-9-4-13(24-2)14(25-3)5-10(9)17(19-18(16)21-20-8)15-6-11(22)12(23)7-26-15/h4-7,23H,1-3H3,(H,19,20,21). The number of pyridine rings is 1. The number of aromatic hydroxyl groups is 1. The minimum absolute atomic E-state index is 0.215. The summed E-state index contributed by atoms with van der Waals surface area (Å²) in [5, 5.41) is 18.9. The van der Waals surface area contributed by atoms with Crippen molar-refractivity contribution in [2.24, 2.45) is 0 Å². The molecule has 3 heterocycles. The van der Waals surface area contributed by atoms with Crippen LogP contribution in [0.4, 0.5) is 0 Å². The third-order valence-corrected chi connectivity index (χ3v) is 4.24. The van der Waals surface area contributed by atoms with Crippen LogP contribution in [-0.4, -0.2) is 34.5 Å². The Balaban J connectivity index is 2.17. The van der Waals surface area contributed by atoms with Crippen LogP contribution >= 0.6 is 0 Å². The van der Waals surface area contributed by atoms with E-state index in [1.165, 1.54) is 6.07 Å². The minimum atomic E-state index is -0.556. The second kappa shape index (κ2) is 5.76. The molecule has 26 heavy (non-hydrogen) atoms. The van der Waals surface area contributed by atoms with Crippen LogP contribution < -0.4 is 14.9 Å². The Morgan fingerprint density at radius 1 is 1.12 bits per heavy atom. The first-order valence-electron chi connectivity index (χ1n) is 7.76. The van der Waals surface area contributed by atoms with Crippen molar-refractivity contribution >= 4 is 21.8 Å². The summed E-state index contributed by atoms with van der Waals surface area (Å²) in [5.74, 6) is 0.831. The van der Waals surface area contributed by atoms with E-state index in [0.717, 1.165) is 22.7 Å². The molecule has 0 radical (unpaired) electrons. The molecule has 1 aromatic carbocycles. The zero-order valence-electron chi connectivity index (χ0n) is 14.3. The lowest BCUT2D eigenvalue weighted by Crippen LogP contribution is -1.99. The first-order valence-corrected chi connectivity index (χ1v) is 7.76. The monoisotopic (exact) mass is 353 g/mol. The van der Waals surface area contributed by atoms with Crippen molar-refractivity contribution in [3.63, 3.8) is 0 Å². The molecular formula is C18H15N3O5. The van der Waals surface area contributed by atoms with E-state index in [0.29, 0.717) is 28.2 Å². The molecule has 0 amide bonds. The van der Waals surface area contributed by atoms with E-state index in [1.54, 1.807) is 20.3 Å². The van der Waals surface area contributed by atoms with Gasteiger partial charge in [0.1, 0.15) is 12.0 Å². The number of aromatic nitrogens is 3. The van der Waals surface area contributed by atoms with Crippen molar-refractivity contribution in [1.29, 1.82) is 0 Å². The second-order valence-electron chi connectivity index (χ2n) is 5.75. The molecule has 3 aromatic heterocycles. The van der Waals surface area contributed by atoms with Crippen molar-refractivity contribution in [3.8, 4) is 28.7 Å². The average molecular weight is 353 g/mol. The van der Waals surface area contributed by atoms with Crippen LogP contribution in [0.3, 0.4) is 0 Å². The maximum atomic E-state index is 11.8. The molecule has 8 nitrogen and oxygen atoms in total. The number of benzene rings is 1. The third-order valence-electron chi connectivity index (χ3n) is 4.24. The van der Waals surface area contributed by atoms with Gasteiger partial charge in [-0.2, -0.15) is 5.10 Å². The van der Waals surface area contributed by atoms with Gasteiger partial charge in [-0.3, -0.25) is 9.89 Å². The van der Waals surface area contributed by atoms with Gasteiger partial charge in [-0.1, -0.05) is 0 Å². The van der Waals surface area contributed by atoms with Crippen molar-refractivity contribution in [2.75, 3.05) is 14.2 Å². The van der Waals surface area contributed by atoms with Crippen LogP contribution in [0.5, 0.6) is 17.2 Å². The molecule has 0 spiro atoms. The van der Waals surface area contributed by atoms with Crippen molar-refractivity contribution in [1.82, 2.24) is 15.2 Å².